The van der Waals surface area contributed by atoms with E-state index in [0.717, 1.165) is 5.69 Å². The summed E-state index contributed by atoms with van der Waals surface area (Å²) in [6.07, 6.45) is 0. The maximum atomic E-state index is 12.5. The fourth-order valence-electron chi connectivity index (χ4n) is 1.94. The Morgan fingerprint density at radius 2 is 2.00 bits per heavy atom. The van der Waals surface area contributed by atoms with Crippen LogP contribution < -0.4 is 10.0 Å². The van der Waals surface area contributed by atoms with Crippen LogP contribution >= 0.6 is 0 Å². The molecule has 0 fully saturated rings. The van der Waals surface area contributed by atoms with Crippen molar-refractivity contribution in [3.05, 3.63) is 36.0 Å². The van der Waals surface area contributed by atoms with Gasteiger partial charge in [0.2, 0.25) is 0 Å². The van der Waals surface area contributed by atoms with Crippen molar-refractivity contribution >= 4 is 21.5 Å². The minimum Gasteiger partial charge on any atom is -0.384 e. The molecule has 20 heavy (non-hydrogen) atoms. The Kier molecular flexibility index (Phi) is 3.99. The minimum absolute atomic E-state index is 0.223. The molecule has 2 aromatic rings. The average Bonchev–Trinajstić information content (AvgIpc) is 2.68. The third-order valence-corrected chi connectivity index (χ3v) is 4.20. The summed E-state index contributed by atoms with van der Waals surface area (Å²) >= 11 is 0. The van der Waals surface area contributed by atoms with Crippen molar-refractivity contribution in [2.24, 2.45) is 7.05 Å². The quantitative estimate of drug-likeness (QED) is 0.884. The molecule has 7 heteroatoms. The predicted molar refractivity (Wildman–Crippen MR) is 79.4 cm³/mol. The number of aryl methyl sites for hydroxylation is 2. The van der Waals surface area contributed by atoms with Crippen LogP contribution in [0.2, 0.25) is 0 Å². The fourth-order valence-corrected chi connectivity index (χ4v) is 3.20. The second kappa shape index (κ2) is 5.54. The first-order valence-corrected chi connectivity index (χ1v) is 7.78. The third kappa shape index (κ3) is 2.93. The summed E-state index contributed by atoms with van der Waals surface area (Å²) in [7, 11) is -1.95. The number of hydrogen-bond acceptors (Lipinski definition) is 4. The van der Waals surface area contributed by atoms with Crippen LogP contribution in [0.15, 0.2) is 35.2 Å². The monoisotopic (exact) mass is 294 g/mol. The summed E-state index contributed by atoms with van der Waals surface area (Å²) in [5.74, 6) is 0.439. The molecule has 0 unspecified atom stereocenters. The van der Waals surface area contributed by atoms with Crippen molar-refractivity contribution in [1.29, 1.82) is 0 Å². The molecule has 0 atom stereocenters. The van der Waals surface area contributed by atoms with E-state index in [1.54, 1.807) is 37.4 Å². The number of sulfonamides is 1. The molecular formula is C13H18N4O2S. The van der Waals surface area contributed by atoms with Gasteiger partial charge in [0.1, 0.15) is 10.7 Å². The number of para-hydroxylation sites is 1. The first kappa shape index (κ1) is 14.4. The van der Waals surface area contributed by atoms with Crippen LogP contribution in [0.4, 0.5) is 11.5 Å². The Bertz CT molecular complexity index is 707. The molecule has 1 aromatic carbocycles. The van der Waals surface area contributed by atoms with Crippen LogP contribution in [0.5, 0.6) is 0 Å². The molecule has 0 aliphatic heterocycles. The van der Waals surface area contributed by atoms with Gasteiger partial charge < -0.3 is 5.32 Å². The van der Waals surface area contributed by atoms with Gasteiger partial charge in [-0.05, 0) is 26.0 Å². The molecule has 0 aliphatic rings. The van der Waals surface area contributed by atoms with Gasteiger partial charge in [0.05, 0.1) is 11.4 Å². The number of benzene rings is 1. The van der Waals surface area contributed by atoms with E-state index in [1.807, 2.05) is 13.8 Å². The van der Waals surface area contributed by atoms with Crippen LogP contribution in [0.25, 0.3) is 0 Å². The van der Waals surface area contributed by atoms with Gasteiger partial charge in [-0.25, -0.2) is 8.42 Å². The lowest BCUT2D eigenvalue weighted by atomic mass is 10.3. The first-order valence-electron chi connectivity index (χ1n) is 6.30. The van der Waals surface area contributed by atoms with Crippen LogP contribution in [-0.2, 0) is 17.1 Å². The number of hydrogen-bond donors (Lipinski definition) is 2. The van der Waals surface area contributed by atoms with Crippen molar-refractivity contribution in [2.75, 3.05) is 16.6 Å². The zero-order valence-corrected chi connectivity index (χ0v) is 12.5. The van der Waals surface area contributed by atoms with E-state index in [9.17, 15) is 8.42 Å². The predicted octanol–water partition coefficient (Wildman–Crippen LogP) is 1.96. The highest BCUT2D eigenvalue weighted by Crippen LogP contribution is 2.23. The summed E-state index contributed by atoms with van der Waals surface area (Å²) in [6, 6.07) is 8.50. The molecule has 6 nitrogen and oxygen atoms in total. The van der Waals surface area contributed by atoms with Crippen molar-refractivity contribution in [1.82, 2.24) is 9.78 Å². The SMILES string of the molecule is CCNc1ccccc1S(=O)(=O)Nc1cc(C)nn1C. The molecule has 108 valence electrons. The molecule has 0 amide bonds. The second-order valence-electron chi connectivity index (χ2n) is 4.43. The van der Waals surface area contributed by atoms with Gasteiger partial charge in [0, 0.05) is 19.7 Å². The Morgan fingerprint density at radius 3 is 2.60 bits per heavy atom. The van der Waals surface area contributed by atoms with E-state index in [4.69, 9.17) is 0 Å². The fraction of sp³-hybridized carbons (Fsp3) is 0.308. The number of aromatic nitrogens is 2. The Labute approximate surface area is 118 Å². The summed E-state index contributed by atoms with van der Waals surface area (Å²) in [5, 5.41) is 7.17. The Balaban J connectivity index is 2.38. The van der Waals surface area contributed by atoms with Crippen LogP contribution in [0, 0.1) is 6.92 Å². The molecule has 0 spiro atoms. The second-order valence-corrected chi connectivity index (χ2v) is 6.08. The van der Waals surface area contributed by atoms with E-state index in [-0.39, 0.29) is 4.90 Å². The summed E-state index contributed by atoms with van der Waals surface area (Å²) in [5.41, 5.74) is 1.34. The maximum absolute atomic E-state index is 12.5. The van der Waals surface area contributed by atoms with E-state index >= 15 is 0 Å². The van der Waals surface area contributed by atoms with Crippen molar-refractivity contribution in [2.45, 2.75) is 18.7 Å². The lowest BCUT2D eigenvalue weighted by Gasteiger charge is -2.12. The van der Waals surface area contributed by atoms with E-state index in [1.165, 1.54) is 4.68 Å². The van der Waals surface area contributed by atoms with E-state index in [0.29, 0.717) is 18.1 Å². The molecule has 2 rings (SSSR count). The zero-order valence-electron chi connectivity index (χ0n) is 11.7. The van der Waals surface area contributed by atoms with Gasteiger partial charge in [-0.3, -0.25) is 9.40 Å². The maximum Gasteiger partial charge on any atom is 0.265 e. The first-order chi connectivity index (χ1) is 9.44. The molecule has 1 aromatic heterocycles. The van der Waals surface area contributed by atoms with Crippen LogP contribution in [0.1, 0.15) is 12.6 Å². The highest BCUT2D eigenvalue weighted by Gasteiger charge is 2.19. The smallest absolute Gasteiger partial charge is 0.265 e. The van der Waals surface area contributed by atoms with E-state index in [2.05, 4.69) is 15.1 Å². The van der Waals surface area contributed by atoms with Crippen molar-refractivity contribution < 1.29 is 8.42 Å². The lowest BCUT2D eigenvalue weighted by molar-refractivity contribution is 0.600. The molecule has 0 saturated heterocycles. The minimum atomic E-state index is -3.65. The van der Waals surface area contributed by atoms with Crippen LogP contribution in [0.3, 0.4) is 0 Å². The Hall–Kier alpha value is -2.02. The molecule has 0 radical (unpaired) electrons. The van der Waals surface area contributed by atoms with Crippen LogP contribution in [-0.4, -0.2) is 24.7 Å². The Morgan fingerprint density at radius 1 is 1.30 bits per heavy atom. The number of anilines is 2. The number of rotatable bonds is 5. The van der Waals surface area contributed by atoms with Gasteiger partial charge in [-0.1, -0.05) is 12.1 Å². The van der Waals surface area contributed by atoms with Gasteiger partial charge >= 0.3 is 0 Å². The van der Waals surface area contributed by atoms with Crippen molar-refractivity contribution in [3.8, 4) is 0 Å². The van der Waals surface area contributed by atoms with E-state index < -0.39 is 10.0 Å². The third-order valence-electron chi connectivity index (χ3n) is 2.78. The highest BCUT2D eigenvalue weighted by molar-refractivity contribution is 7.92. The molecular weight excluding hydrogens is 276 g/mol. The van der Waals surface area contributed by atoms with Gasteiger partial charge in [-0.15, -0.1) is 0 Å². The largest absolute Gasteiger partial charge is 0.384 e. The zero-order chi connectivity index (χ0) is 14.8. The normalized spacial score (nSPS) is 11.3. The number of nitrogens with one attached hydrogen (secondary N) is 2. The molecule has 1 heterocycles. The molecule has 2 N–H and O–H groups in total. The summed E-state index contributed by atoms with van der Waals surface area (Å²) in [6.45, 7) is 4.38. The van der Waals surface area contributed by atoms with Crippen molar-refractivity contribution in [3.63, 3.8) is 0 Å². The summed E-state index contributed by atoms with van der Waals surface area (Å²) < 4.78 is 29.0. The number of nitrogens with zero attached hydrogens (tertiary/aromatic N) is 2. The average molecular weight is 294 g/mol. The van der Waals surface area contributed by atoms with Gasteiger partial charge in [-0.2, -0.15) is 5.10 Å². The topological polar surface area (TPSA) is 76.0 Å². The standard InChI is InChI=1S/C13H18N4O2S/c1-4-14-11-7-5-6-8-12(11)20(18,19)16-13-9-10(2)15-17(13)3/h5-9,14,16H,4H2,1-3H3. The van der Waals surface area contributed by atoms with Gasteiger partial charge in [0.15, 0.2) is 0 Å². The highest BCUT2D eigenvalue weighted by atomic mass is 32.2. The summed E-state index contributed by atoms with van der Waals surface area (Å²) in [4.78, 5) is 0.223. The molecule has 0 aliphatic carbocycles. The lowest BCUT2D eigenvalue weighted by Crippen LogP contribution is -2.17. The molecule has 0 bridgehead atoms. The molecule has 0 saturated carbocycles. The van der Waals surface area contributed by atoms with Gasteiger partial charge in [0.25, 0.3) is 10.0 Å².